The fourth-order valence-corrected chi connectivity index (χ4v) is 4.92. The summed E-state index contributed by atoms with van der Waals surface area (Å²) in [5.41, 5.74) is 5.56. The SMILES string of the molecule is CO[C@H]1O[C@@H](c2ccc(CI)c(Cc3ccc4c(c3)CCCO4)c2)[C@H](O)[C@@H](O)[C@@H]1O. The van der Waals surface area contributed by atoms with Crippen molar-refractivity contribution in [2.75, 3.05) is 13.7 Å². The van der Waals surface area contributed by atoms with Gasteiger partial charge < -0.3 is 29.5 Å². The minimum atomic E-state index is -1.35. The summed E-state index contributed by atoms with van der Waals surface area (Å²) < 4.78 is 17.5. The molecule has 2 aromatic carbocycles. The summed E-state index contributed by atoms with van der Waals surface area (Å²) in [6.07, 6.45) is -2.85. The van der Waals surface area contributed by atoms with Crippen LogP contribution in [0.2, 0.25) is 0 Å². The maximum atomic E-state index is 10.5. The number of methoxy groups -OCH3 is 1. The third kappa shape index (κ3) is 4.37. The van der Waals surface area contributed by atoms with Crippen molar-refractivity contribution in [3.63, 3.8) is 0 Å². The molecule has 2 aromatic rings. The third-order valence-electron chi connectivity index (χ3n) is 5.87. The number of hydrogen-bond donors (Lipinski definition) is 3. The van der Waals surface area contributed by atoms with Gasteiger partial charge in [-0.1, -0.05) is 52.9 Å². The van der Waals surface area contributed by atoms with Crippen LogP contribution in [0.4, 0.5) is 0 Å². The number of aliphatic hydroxyl groups is 3. The summed E-state index contributed by atoms with van der Waals surface area (Å²) in [4.78, 5) is 0. The molecule has 1 saturated heterocycles. The van der Waals surface area contributed by atoms with Gasteiger partial charge in [0.2, 0.25) is 0 Å². The number of aliphatic hydroxyl groups excluding tert-OH is 3. The lowest BCUT2D eigenvalue weighted by Gasteiger charge is -2.40. The van der Waals surface area contributed by atoms with Gasteiger partial charge in [0.25, 0.3) is 0 Å². The van der Waals surface area contributed by atoms with Gasteiger partial charge in [0.1, 0.15) is 30.2 Å². The van der Waals surface area contributed by atoms with Crippen LogP contribution in [0.25, 0.3) is 0 Å². The molecule has 2 heterocycles. The van der Waals surface area contributed by atoms with Gasteiger partial charge in [-0.25, -0.2) is 0 Å². The number of ether oxygens (including phenoxy) is 3. The summed E-state index contributed by atoms with van der Waals surface area (Å²) in [5.74, 6) is 0.977. The second-order valence-electron chi connectivity index (χ2n) is 7.87. The number of hydrogen-bond acceptors (Lipinski definition) is 6. The zero-order valence-corrected chi connectivity index (χ0v) is 19.0. The first-order valence-electron chi connectivity index (χ1n) is 10.2. The average molecular weight is 526 g/mol. The number of benzene rings is 2. The molecular formula is C23H27IO6. The van der Waals surface area contributed by atoms with E-state index >= 15 is 0 Å². The summed E-state index contributed by atoms with van der Waals surface area (Å²) >= 11 is 2.35. The van der Waals surface area contributed by atoms with Crippen molar-refractivity contribution in [3.05, 3.63) is 64.2 Å². The minimum Gasteiger partial charge on any atom is -0.493 e. The van der Waals surface area contributed by atoms with Gasteiger partial charge in [0.15, 0.2) is 6.29 Å². The zero-order chi connectivity index (χ0) is 21.3. The van der Waals surface area contributed by atoms with E-state index < -0.39 is 30.7 Å². The first-order valence-corrected chi connectivity index (χ1v) is 11.7. The molecule has 0 saturated carbocycles. The second kappa shape index (κ2) is 9.50. The third-order valence-corrected chi connectivity index (χ3v) is 6.69. The van der Waals surface area contributed by atoms with E-state index in [1.807, 2.05) is 24.3 Å². The number of halogens is 1. The van der Waals surface area contributed by atoms with Crippen LogP contribution in [0.1, 0.15) is 40.3 Å². The van der Waals surface area contributed by atoms with Gasteiger partial charge in [0, 0.05) is 11.5 Å². The second-order valence-corrected chi connectivity index (χ2v) is 8.63. The van der Waals surface area contributed by atoms with Crippen molar-refractivity contribution in [1.29, 1.82) is 0 Å². The van der Waals surface area contributed by atoms with Crippen molar-refractivity contribution >= 4 is 22.6 Å². The average Bonchev–Trinajstić information content (AvgIpc) is 2.77. The summed E-state index contributed by atoms with van der Waals surface area (Å²) in [5, 5.41) is 30.8. The van der Waals surface area contributed by atoms with Gasteiger partial charge in [-0.05, 0) is 53.1 Å². The fraction of sp³-hybridized carbons (Fsp3) is 0.478. The van der Waals surface area contributed by atoms with Gasteiger partial charge in [-0.3, -0.25) is 0 Å². The molecule has 0 amide bonds. The molecule has 2 aliphatic heterocycles. The molecule has 30 heavy (non-hydrogen) atoms. The van der Waals surface area contributed by atoms with Crippen LogP contribution in [0.15, 0.2) is 36.4 Å². The maximum absolute atomic E-state index is 10.5. The van der Waals surface area contributed by atoms with Crippen molar-refractivity contribution < 1.29 is 29.5 Å². The molecule has 6 nitrogen and oxygen atoms in total. The molecule has 5 atom stereocenters. The lowest BCUT2D eigenvalue weighted by atomic mass is 9.90. The number of aryl methyl sites for hydroxylation is 1. The normalized spacial score (nSPS) is 28.6. The molecule has 7 heteroatoms. The Morgan fingerprint density at radius 1 is 1.03 bits per heavy atom. The van der Waals surface area contributed by atoms with Crippen LogP contribution in [-0.4, -0.2) is 53.6 Å². The Bertz CT molecular complexity index is 886. The highest BCUT2D eigenvalue weighted by atomic mass is 127. The van der Waals surface area contributed by atoms with E-state index in [9.17, 15) is 15.3 Å². The van der Waals surface area contributed by atoms with Crippen LogP contribution in [0, 0.1) is 0 Å². The van der Waals surface area contributed by atoms with Gasteiger partial charge >= 0.3 is 0 Å². The van der Waals surface area contributed by atoms with Crippen LogP contribution in [-0.2, 0) is 26.7 Å². The molecule has 2 aliphatic rings. The van der Waals surface area contributed by atoms with Gasteiger partial charge in [0.05, 0.1) is 6.61 Å². The molecule has 0 bridgehead atoms. The van der Waals surface area contributed by atoms with Gasteiger partial charge in [-0.2, -0.15) is 0 Å². The predicted octanol–water partition coefficient (Wildman–Crippen LogP) is 2.66. The topological polar surface area (TPSA) is 88.4 Å². The first kappa shape index (κ1) is 22.0. The maximum Gasteiger partial charge on any atom is 0.186 e. The molecule has 3 N–H and O–H groups in total. The van der Waals surface area contributed by atoms with Crippen LogP contribution < -0.4 is 4.74 Å². The molecule has 0 unspecified atom stereocenters. The standard InChI is InChI=1S/C23H27IO6/c1-28-23-21(27)19(25)20(26)22(30-23)15-5-6-16(12-24)17(11-15)10-13-4-7-18-14(9-13)3-2-8-29-18/h4-7,9,11,19-23,25-27H,2-3,8,10,12H2,1H3/t19-,20-,21+,22+,23+/m1/s1. The number of alkyl halides is 1. The highest BCUT2D eigenvalue weighted by molar-refractivity contribution is 14.1. The Kier molecular flexibility index (Phi) is 6.96. The Morgan fingerprint density at radius 2 is 1.87 bits per heavy atom. The van der Waals surface area contributed by atoms with Crippen molar-refractivity contribution in [2.45, 2.75) is 54.4 Å². The highest BCUT2D eigenvalue weighted by Gasteiger charge is 2.44. The van der Waals surface area contributed by atoms with E-state index in [2.05, 4.69) is 34.7 Å². The van der Waals surface area contributed by atoms with Gasteiger partial charge in [-0.15, -0.1) is 0 Å². The quantitative estimate of drug-likeness (QED) is 0.411. The molecule has 0 aromatic heterocycles. The number of fused-ring (bicyclic) bond motifs is 1. The zero-order valence-electron chi connectivity index (χ0n) is 16.8. The van der Waals surface area contributed by atoms with E-state index in [1.165, 1.54) is 23.8 Å². The Balaban J connectivity index is 1.62. The molecular weight excluding hydrogens is 499 g/mol. The molecule has 162 valence electrons. The summed E-state index contributed by atoms with van der Waals surface area (Å²) in [7, 11) is 1.40. The molecule has 4 rings (SSSR count). The Morgan fingerprint density at radius 3 is 2.63 bits per heavy atom. The fourth-order valence-electron chi connectivity index (χ4n) is 4.18. The lowest BCUT2D eigenvalue weighted by Crippen LogP contribution is -2.54. The molecule has 0 aliphatic carbocycles. The van der Waals surface area contributed by atoms with E-state index in [4.69, 9.17) is 14.2 Å². The monoisotopic (exact) mass is 526 g/mol. The van der Waals surface area contributed by atoms with E-state index in [-0.39, 0.29) is 0 Å². The van der Waals surface area contributed by atoms with Crippen molar-refractivity contribution in [1.82, 2.24) is 0 Å². The Hall–Kier alpha value is -1.23. The first-order chi connectivity index (χ1) is 14.5. The smallest absolute Gasteiger partial charge is 0.186 e. The van der Waals surface area contributed by atoms with E-state index in [1.54, 1.807) is 0 Å². The highest BCUT2D eigenvalue weighted by Crippen LogP contribution is 2.34. The van der Waals surface area contributed by atoms with E-state index in [0.29, 0.717) is 0 Å². The van der Waals surface area contributed by atoms with Crippen LogP contribution in [0.5, 0.6) is 5.75 Å². The molecule has 0 radical (unpaired) electrons. The Labute approximate surface area is 189 Å². The van der Waals surface area contributed by atoms with Crippen molar-refractivity contribution in [2.24, 2.45) is 0 Å². The predicted molar refractivity (Wildman–Crippen MR) is 120 cm³/mol. The van der Waals surface area contributed by atoms with Crippen LogP contribution in [0.3, 0.4) is 0 Å². The minimum absolute atomic E-state index is 0.750. The summed E-state index contributed by atoms with van der Waals surface area (Å²) in [6, 6.07) is 12.3. The lowest BCUT2D eigenvalue weighted by molar-refractivity contribution is -0.292. The number of rotatable bonds is 5. The molecule has 0 spiro atoms. The molecule has 1 fully saturated rings. The van der Waals surface area contributed by atoms with Crippen molar-refractivity contribution in [3.8, 4) is 5.75 Å². The van der Waals surface area contributed by atoms with Crippen LogP contribution >= 0.6 is 22.6 Å². The largest absolute Gasteiger partial charge is 0.493 e. The summed E-state index contributed by atoms with van der Waals surface area (Å²) in [6.45, 7) is 0.778. The van der Waals surface area contributed by atoms with E-state index in [0.717, 1.165) is 47.2 Å².